The summed E-state index contributed by atoms with van der Waals surface area (Å²) in [6.45, 7) is 15.0. The molecule has 0 saturated heterocycles. The first-order valence-corrected chi connectivity index (χ1v) is 18.5. The standard InChI is InChI=1S/C42H62O6/c1-8-32-27-28-35-36(31-32)40(46-30-22-16-12-10-14-18-26-38(44)48-42(5,6)7)34-24-20-19-23-33(34)39(35)45-29-21-15-11-9-13-17-25-37(43)47-41(2,3)4/h19-20,23-24,27-28,31H,8-18,21-22,25-26,29-30H2,1-7H3. The van der Waals surface area contributed by atoms with Crippen LogP contribution in [0.4, 0.5) is 0 Å². The molecule has 0 aliphatic rings. The number of carbonyl (C=O) groups excluding carboxylic acids is 2. The van der Waals surface area contributed by atoms with E-state index >= 15 is 0 Å². The van der Waals surface area contributed by atoms with Crippen LogP contribution in [0.1, 0.15) is 144 Å². The second kappa shape index (κ2) is 19.7. The average Bonchev–Trinajstić information content (AvgIpc) is 3.01. The quantitative estimate of drug-likeness (QED) is 0.0642. The lowest BCUT2D eigenvalue weighted by molar-refractivity contribution is -0.156. The van der Waals surface area contributed by atoms with Gasteiger partial charge >= 0.3 is 11.9 Å². The first-order chi connectivity index (χ1) is 22.9. The van der Waals surface area contributed by atoms with E-state index in [1.54, 1.807) is 0 Å². The first-order valence-electron chi connectivity index (χ1n) is 18.5. The van der Waals surface area contributed by atoms with E-state index in [4.69, 9.17) is 18.9 Å². The van der Waals surface area contributed by atoms with Crippen molar-refractivity contribution >= 4 is 33.5 Å². The van der Waals surface area contributed by atoms with Gasteiger partial charge < -0.3 is 18.9 Å². The van der Waals surface area contributed by atoms with E-state index in [1.165, 1.54) is 5.56 Å². The Hall–Kier alpha value is -3.28. The Kier molecular flexibility index (Phi) is 16.0. The number of unbranched alkanes of at least 4 members (excludes halogenated alkanes) is 10. The number of fused-ring (bicyclic) bond motifs is 2. The first kappa shape index (κ1) is 39.2. The lowest BCUT2D eigenvalue weighted by Gasteiger charge is -2.19. The van der Waals surface area contributed by atoms with Crippen LogP contribution in [-0.4, -0.2) is 36.4 Å². The van der Waals surface area contributed by atoms with Crippen LogP contribution in [0.25, 0.3) is 21.5 Å². The fourth-order valence-electron chi connectivity index (χ4n) is 5.97. The molecule has 48 heavy (non-hydrogen) atoms. The highest BCUT2D eigenvalue weighted by Gasteiger charge is 2.18. The molecule has 0 aromatic heterocycles. The van der Waals surface area contributed by atoms with E-state index in [9.17, 15) is 9.59 Å². The SMILES string of the molecule is CCc1ccc2c(OCCCCCCCCC(=O)OC(C)(C)C)c3ccccc3c(OCCCCCCCCC(=O)OC(C)(C)C)c2c1. The van der Waals surface area contributed by atoms with Crippen LogP contribution in [-0.2, 0) is 25.5 Å². The number of hydrogen-bond acceptors (Lipinski definition) is 6. The molecule has 0 spiro atoms. The topological polar surface area (TPSA) is 71.1 Å². The van der Waals surface area contributed by atoms with Gasteiger partial charge in [0.15, 0.2) is 0 Å². The zero-order valence-electron chi connectivity index (χ0n) is 31.0. The van der Waals surface area contributed by atoms with Crippen LogP contribution < -0.4 is 9.47 Å². The predicted molar refractivity (Wildman–Crippen MR) is 198 cm³/mol. The van der Waals surface area contributed by atoms with Crippen LogP contribution in [0, 0.1) is 0 Å². The third-order valence-electron chi connectivity index (χ3n) is 8.28. The molecule has 0 saturated carbocycles. The van der Waals surface area contributed by atoms with Crippen molar-refractivity contribution in [2.75, 3.05) is 13.2 Å². The summed E-state index contributed by atoms with van der Waals surface area (Å²) in [6.07, 6.45) is 14.5. The van der Waals surface area contributed by atoms with Crippen LogP contribution in [0.15, 0.2) is 42.5 Å². The Labute approximate surface area is 290 Å². The lowest BCUT2D eigenvalue weighted by atomic mass is 9.98. The van der Waals surface area contributed by atoms with Gasteiger partial charge in [-0.1, -0.05) is 94.7 Å². The Morgan fingerprint density at radius 2 is 0.917 bits per heavy atom. The van der Waals surface area contributed by atoms with Crippen molar-refractivity contribution in [3.63, 3.8) is 0 Å². The van der Waals surface area contributed by atoms with E-state index in [1.807, 2.05) is 41.5 Å². The maximum Gasteiger partial charge on any atom is 0.306 e. The van der Waals surface area contributed by atoms with E-state index in [0.29, 0.717) is 26.1 Å². The minimum atomic E-state index is -0.410. The Morgan fingerprint density at radius 1 is 0.521 bits per heavy atom. The van der Waals surface area contributed by atoms with E-state index in [-0.39, 0.29) is 11.9 Å². The number of hydrogen-bond donors (Lipinski definition) is 0. The van der Waals surface area contributed by atoms with Crippen LogP contribution in [0.2, 0.25) is 0 Å². The summed E-state index contributed by atoms with van der Waals surface area (Å²) in [4.78, 5) is 23.8. The molecule has 3 aromatic rings. The minimum Gasteiger partial charge on any atom is -0.492 e. The maximum absolute atomic E-state index is 11.9. The van der Waals surface area contributed by atoms with Crippen molar-refractivity contribution in [3.05, 3.63) is 48.0 Å². The third kappa shape index (κ3) is 14.1. The second-order valence-corrected chi connectivity index (χ2v) is 15.0. The van der Waals surface area contributed by atoms with Crippen molar-refractivity contribution in [3.8, 4) is 11.5 Å². The van der Waals surface area contributed by atoms with Crippen molar-refractivity contribution < 1.29 is 28.5 Å². The van der Waals surface area contributed by atoms with Gasteiger partial charge in [0, 0.05) is 34.4 Å². The van der Waals surface area contributed by atoms with Gasteiger partial charge in [-0.3, -0.25) is 9.59 Å². The molecule has 0 atom stereocenters. The largest absolute Gasteiger partial charge is 0.492 e. The number of esters is 2. The average molecular weight is 663 g/mol. The summed E-state index contributed by atoms with van der Waals surface area (Å²) in [5.41, 5.74) is 0.465. The van der Waals surface area contributed by atoms with E-state index < -0.39 is 11.2 Å². The maximum atomic E-state index is 11.9. The molecule has 0 N–H and O–H groups in total. The number of aryl methyl sites for hydroxylation is 1. The van der Waals surface area contributed by atoms with Crippen molar-refractivity contribution in [2.45, 2.75) is 156 Å². The van der Waals surface area contributed by atoms with Gasteiger partial charge in [-0.05, 0) is 85.3 Å². The zero-order valence-corrected chi connectivity index (χ0v) is 31.0. The fourth-order valence-corrected chi connectivity index (χ4v) is 5.97. The predicted octanol–water partition coefficient (Wildman–Crippen LogP) is 11.5. The normalized spacial score (nSPS) is 12.0. The third-order valence-corrected chi connectivity index (χ3v) is 8.28. The Balaban J connectivity index is 1.50. The van der Waals surface area contributed by atoms with Gasteiger partial charge in [-0.15, -0.1) is 0 Å². The fraction of sp³-hybridized carbons (Fsp3) is 0.619. The summed E-state index contributed by atoms with van der Waals surface area (Å²) in [5, 5.41) is 4.42. The molecule has 0 radical (unpaired) electrons. The molecule has 6 heteroatoms. The van der Waals surface area contributed by atoms with Crippen molar-refractivity contribution in [1.29, 1.82) is 0 Å². The number of rotatable bonds is 21. The van der Waals surface area contributed by atoms with Crippen LogP contribution >= 0.6 is 0 Å². The summed E-state index contributed by atoms with van der Waals surface area (Å²) >= 11 is 0. The highest BCUT2D eigenvalue weighted by atomic mass is 16.6. The highest BCUT2D eigenvalue weighted by Crippen LogP contribution is 2.43. The summed E-state index contributed by atoms with van der Waals surface area (Å²) in [6, 6.07) is 15.1. The molecule has 0 heterocycles. The van der Waals surface area contributed by atoms with Gasteiger partial charge in [0.2, 0.25) is 0 Å². The van der Waals surface area contributed by atoms with E-state index in [2.05, 4.69) is 49.4 Å². The Morgan fingerprint density at radius 3 is 1.35 bits per heavy atom. The van der Waals surface area contributed by atoms with Crippen LogP contribution in [0.3, 0.4) is 0 Å². The molecule has 0 unspecified atom stereocenters. The Bertz CT molecular complexity index is 1430. The smallest absolute Gasteiger partial charge is 0.306 e. The molecule has 3 aromatic carbocycles. The summed E-state index contributed by atoms with van der Waals surface area (Å²) < 4.78 is 23.9. The lowest BCUT2D eigenvalue weighted by Crippen LogP contribution is -2.23. The molecule has 6 nitrogen and oxygen atoms in total. The molecular weight excluding hydrogens is 600 g/mol. The zero-order chi connectivity index (χ0) is 35.0. The number of ether oxygens (including phenoxy) is 4. The molecule has 0 fully saturated rings. The minimum absolute atomic E-state index is 0.0989. The molecule has 0 aliphatic heterocycles. The van der Waals surface area contributed by atoms with Gasteiger partial charge in [0.05, 0.1) is 13.2 Å². The molecule has 0 amide bonds. The molecule has 0 aliphatic carbocycles. The molecule has 0 bridgehead atoms. The van der Waals surface area contributed by atoms with Gasteiger partial charge in [-0.25, -0.2) is 0 Å². The number of carbonyl (C=O) groups is 2. The molecular formula is C42H62O6. The monoisotopic (exact) mass is 662 g/mol. The van der Waals surface area contributed by atoms with Crippen molar-refractivity contribution in [2.24, 2.45) is 0 Å². The highest BCUT2D eigenvalue weighted by molar-refractivity contribution is 6.11. The van der Waals surface area contributed by atoms with Gasteiger partial charge in [0.1, 0.15) is 22.7 Å². The molecule has 3 rings (SSSR count). The summed E-state index contributed by atoms with van der Waals surface area (Å²) in [5.74, 6) is 1.70. The second-order valence-electron chi connectivity index (χ2n) is 15.0. The van der Waals surface area contributed by atoms with Gasteiger partial charge in [0.25, 0.3) is 0 Å². The van der Waals surface area contributed by atoms with E-state index in [0.717, 1.165) is 117 Å². The summed E-state index contributed by atoms with van der Waals surface area (Å²) in [7, 11) is 0. The van der Waals surface area contributed by atoms with Crippen molar-refractivity contribution in [1.82, 2.24) is 0 Å². The van der Waals surface area contributed by atoms with Crippen LogP contribution in [0.5, 0.6) is 11.5 Å². The molecule has 266 valence electrons. The van der Waals surface area contributed by atoms with Gasteiger partial charge in [-0.2, -0.15) is 0 Å². The number of benzene rings is 3.